The van der Waals surface area contributed by atoms with Gasteiger partial charge in [0.15, 0.2) is 0 Å². The summed E-state index contributed by atoms with van der Waals surface area (Å²) in [7, 11) is 0. The van der Waals surface area contributed by atoms with Crippen LogP contribution in [0.2, 0.25) is 0 Å². The van der Waals surface area contributed by atoms with Crippen molar-refractivity contribution in [3.8, 4) is 10.7 Å². The molecule has 2 heterocycles. The lowest BCUT2D eigenvalue weighted by atomic mass is 9.74. The molecule has 112 valence electrons. The minimum absolute atomic E-state index is 0.230. The van der Waals surface area contributed by atoms with Gasteiger partial charge in [-0.15, -0.1) is 11.3 Å². The fourth-order valence-corrected chi connectivity index (χ4v) is 3.50. The van der Waals surface area contributed by atoms with Crippen molar-refractivity contribution in [1.82, 2.24) is 10.1 Å². The molecule has 0 amide bonds. The van der Waals surface area contributed by atoms with E-state index in [4.69, 9.17) is 9.26 Å². The summed E-state index contributed by atoms with van der Waals surface area (Å²) < 4.78 is 10.7. The van der Waals surface area contributed by atoms with Crippen molar-refractivity contribution < 1.29 is 14.1 Å². The minimum atomic E-state index is -0.753. The Labute approximate surface area is 127 Å². The van der Waals surface area contributed by atoms with E-state index in [-0.39, 0.29) is 5.97 Å². The Morgan fingerprint density at radius 3 is 2.90 bits per heavy atom. The van der Waals surface area contributed by atoms with E-state index in [1.54, 1.807) is 11.3 Å². The number of ether oxygens (including phenoxy) is 1. The zero-order valence-electron chi connectivity index (χ0n) is 12.0. The zero-order chi connectivity index (χ0) is 14.7. The molecule has 0 N–H and O–H groups in total. The molecule has 2 aromatic rings. The largest absolute Gasteiger partial charge is 0.465 e. The Morgan fingerprint density at radius 2 is 2.24 bits per heavy atom. The van der Waals surface area contributed by atoms with Gasteiger partial charge in [0.25, 0.3) is 0 Å². The molecule has 0 radical (unpaired) electrons. The van der Waals surface area contributed by atoms with Crippen LogP contribution in [0.25, 0.3) is 10.7 Å². The molecule has 2 aromatic heterocycles. The molecule has 0 bridgehead atoms. The van der Waals surface area contributed by atoms with Crippen LogP contribution >= 0.6 is 11.3 Å². The van der Waals surface area contributed by atoms with Gasteiger partial charge in [0.05, 0.1) is 11.5 Å². The minimum Gasteiger partial charge on any atom is -0.465 e. The number of thiophene rings is 1. The number of carbonyl (C=O) groups is 1. The van der Waals surface area contributed by atoms with E-state index in [0.717, 1.165) is 37.0 Å². The fourth-order valence-electron chi connectivity index (χ4n) is 2.85. The number of hydrogen-bond donors (Lipinski definition) is 0. The smallest absolute Gasteiger partial charge is 0.321 e. The van der Waals surface area contributed by atoms with Gasteiger partial charge in [-0.1, -0.05) is 30.5 Å². The number of carbonyl (C=O) groups excluding carboxylic acids is 1. The third kappa shape index (κ3) is 2.60. The molecule has 0 aromatic carbocycles. The van der Waals surface area contributed by atoms with Crippen LogP contribution in [-0.2, 0) is 14.9 Å². The Hall–Kier alpha value is -1.69. The molecule has 1 aliphatic rings. The molecular weight excluding hydrogens is 288 g/mol. The first-order chi connectivity index (χ1) is 10.3. The second-order valence-electron chi connectivity index (χ2n) is 5.26. The molecule has 6 heteroatoms. The Kier molecular flexibility index (Phi) is 4.05. The van der Waals surface area contributed by atoms with Gasteiger partial charge in [-0.3, -0.25) is 4.79 Å². The van der Waals surface area contributed by atoms with Gasteiger partial charge >= 0.3 is 5.97 Å². The van der Waals surface area contributed by atoms with Crippen LogP contribution in [0.15, 0.2) is 22.0 Å². The van der Waals surface area contributed by atoms with Gasteiger partial charge in [-0.2, -0.15) is 4.98 Å². The van der Waals surface area contributed by atoms with Crippen molar-refractivity contribution in [2.75, 3.05) is 6.61 Å². The summed E-state index contributed by atoms with van der Waals surface area (Å²) in [5.74, 6) is 0.726. The van der Waals surface area contributed by atoms with Crippen LogP contribution < -0.4 is 0 Å². The van der Waals surface area contributed by atoms with E-state index in [1.165, 1.54) is 0 Å². The Morgan fingerprint density at radius 1 is 1.43 bits per heavy atom. The summed E-state index contributed by atoms with van der Waals surface area (Å²) in [6, 6.07) is 3.88. The molecule has 1 fully saturated rings. The monoisotopic (exact) mass is 306 g/mol. The first kappa shape index (κ1) is 14.3. The van der Waals surface area contributed by atoms with Gasteiger partial charge in [0.2, 0.25) is 11.7 Å². The second-order valence-corrected chi connectivity index (χ2v) is 6.21. The van der Waals surface area contributed by atoms with Crippen molar-refractivity contribution in [2.45, 2.75) is 44.4 Å². The van der Waals surface area contributed by atoms with Gasteiger partial charge in [0.1, 0.15) is 5.41 Å². The number of aromatic nitrogens is 2. The van der Waals surface area contributed by atoms with Crippen molar-refractivity contribution in [3.63, 3.8) is 0 Å². The predicted molar refractivity (Wildman–Crippen MR) is 79.0 cm³/mol. The summed E-state index contributed by atoms with van der Waals surface area (Å²) in [4.78, 5) is 17.9. The van der Waals surface area contributed by atoms with Gasteiger partial charge < -0.3 is 9.26 Å². The first-order valence-electron chi connectivity index (χ1n) is 7.31. The van der Waals surface area contributed by atoms with Crippen LogP contribution in [0.3, 0.4) is 0 Å². The van der Waals surface area contributed by atoms with E-state index in [0.29, 0.717) is 18.3 Å². The summed E-state index contributed by atoms with van der Waals surface area (Å²) in [5.41, 5.74) is -0.753. The zero-order valence-corrected chi connectivity index (χ0v) is 12.8. The van der Waals surface area contributed by atoms with Crippen molar-refractivity contribution in [1.29, 1.82) is 0 Å². The number of esters is 1. The molecule has 0 atom stereocenters. The average molecular weight is 306 g/mol. The van der Waals surface area contributed by atoms with Crippen molar-refractivity contribution in [3.05, 3.63) is 23.4 Å². The maximum atomic E-state index is 12.5. The highest BCUT2D eigenvalue weighted by Gasteiger charge is 2.47. The van der Waals surface area contributed by atoms with Crippen molar-refractivity contribution in [2.24, 2.45) is 0 Å². The fraction of sp³-hybridized carbons (Fsp3) is 0.533. The average Bonchev–Trinajstić information content (AvgIpc) is 3.19. The molecule has 0 saturated heterocycles. The maximum Gasteiger partial charge on any atom is 0.321 e. The predicted octanol–water partition coefficient (Wildman–Crippen LogP) is 3.56. The normalized spacial score (nSPS) is 17.6. The molecule has 5 nitrogen and oxygen atoms in total. The van der Waals surface area contributed by atoms with Crippen LogP contribution in [0.5, 0.6) is 0 Å². The Balaban J connectivity index is 1.95. The molecule has 0 spiro atoms. The Bertz CT molecular complexity index is 600. The van der Waals surface area contributed by atoms with Gasteiger partial charge in [-0.05, 0) is 31.2 Å². The highest BCUT2D eigenvalue weighted by Crippen LogP contribution is 2.40. The van der Waals surface area contributed by atoms with Gasteiger partial charge in [0, 0.05) is 0 Å². The summed E-state index contributed by atoms with van der Waals surface area (Å²) in [6.45, 7) is 2.19. The third-order valence-corrected chi connectivity index (χ3v) is 4.82. The standard InChI is InChI=1S/C15H18N2O3S/c1-2-19-14(18)15(8-4-3-5-9-15)13-16-12(17-20-13)11-7-6-10-21-11/h6-7,10H,2-5,8-9H2,1H3. The maximum absolute atomic E-state index is 12.5. The molecule has 21 heavy (non-hydrogen) atoms. The van der Waals surface area contributed by atoms with Crippen molar-refractivity contribution >= 4 is 17.3 Å². The first-order valence-corrected chi connectivity index (χ1v) is 8.19. The molecule has 0 aliphatic heterocycles. The van der Waals surface area contributed by atoms with Crippen LogP contribution in [-0.4, -0.2) is 22.7 Å². The van der Waals surface area contributed by atoms with Gasteiger partial charge in [-0.25, -0.2) is 0 Å². The number of rotatable bonds is 4. The van der Waals surface area contributed by atoms with Crippen LogP contribution in [0.1, 0.15) is 44.9 Å². The lowest BCUT2D eigenvalue weighted by Gasteiger charge is -2.31. The van der Waals surface area contributed by atoms with E-state index in [1.807, 2.05) is 24.4 Å². The highest BCUT2D eigenvalue weighted by atomic mass is 32.1. The molecule has 1 saturated carbocycles. The second kappa shape index (κ2) is 5.97. The van der Waals surface area contributed by atoms with E-state index in [2.05, 4.69) is 10.1 Å². The van der Waals surface area contributed by atoms with E-state index in [9.17, 15) is 4.79 Å². The number of nitrogens with zero attached hydrogens (tertiary/aromatic N) is 2. The number of hydrogen-bond acceptors (Lipinski definition) is 6. The summed E-state index contributed by atoms with van der Waals surface area (Å²) in [6.07, 6.45) is 4.54. The molecule has 3 rings (SSSR count). The highest BCUT2D eigenvalue weighted by molar-refractivity contribution is 7.13. The molecule has 1 aliphatic carbocycles. The van der Waals surface area contributed by atoms with Crippen LogP contribution in [0, 0.1) is 0 Å². The van der Waals surface area contributed by atoms with E-state index < -0.39 is 5.41 Å². The lowest BCUT2D eigenvalue weighted by molar-refractivity contribution is -0.152. The van der Waals surface area contributed by atoms with Crippen LogP contribution in [0.4, 0.5) is 0 Å². The summed E-state index contributed by atoms with van der Waals surface area (Å²) in [5, 5.41) is 6.00. The molecular formula is C15H18N2O3S. The topological polar surface area (TPSA) is 65.2 Å². The molecule has 0 unspecified atom stereocenters. The summed E-state index contributed by atoms with van der Waals surface area (Å²) >= 11 is 1.55. The SMILES string of the molecule is CCOC(=O)C1(c2nc(-c3cccs3)no2)CCCCC1. The lowest BCUT2D eigenvalue weighted by Crippen LogP contribution is -2.39. The van der Waals surface area contributed by atoms with E-state index >= 15 is 0 Å². The quantitative estimate of drug-likeness (QED) is 0.808. The third-order valence-electron chi connectivity index (χ3n) is 3.95.